The molecule has 156 valence electrons. The van der Waals surface area contributed by atoms with E-state index in [1.165, 1.54) is 4.90 Å². The zero-order valence-corrected chi connectivity index (χ0v) is 17.6. The molecule has 2 amide bonds. The zero-order chi connectivity index (χ0) is 21.8. The Morgan fingerprint density at radius 3 is 2.32 bits per heavy atom. The molecule has 0 radical (unpaired) electrons. The van der Waals surface area contributed by atoms with Crippen molar-refractivity contribution < 1.29 is 14.3 Å². The van der Waals surface area contributed by atoms with Crippen LogP contribution in [0.2, 0.25) is 0 Å². The van der Waals surface area contributed by atoms with Crippen molar-refractivity contribution in [3.63, 3.8) is 0 Å². The lowest BCUT2D eigenvalue weighted by atomic mass is 10.0. The quantitative estimate of drug-likeness (QED) is 0.543. The van der Waals surface area contributed by atoms with Gasteiger partial charge in [0.2, 0.25) is 0 Å². The molecule has 0 spiro atoms. The maximum absolute atomic E-state index is 13.5. The van der Waals surface area contributed by atoms with Gasteiger partial charge in [0.25, 0.3) is 11.8 Å². The van der Waals surface area contributed by atoms with Crippen molar-refractivity contribution in [1.29, 1.82) is 0 Å². The summed E-state index contributed by atoms with van der Waals surface area (Å²) < 4.78 is 5.69. The van der Waals surface area contributed by atoms with Crippen LogP contribution in [0.5, 0.6) is 5.75 Å². The second-order valence-electron chi connectivity index (χ2n) is 7.40. The highest BCUT2D eigenvalue weighted by atomic mass is 16.5. The Morgan fingerprint density at radius 1 is 0.871 bits per heavy atom. The third-order valence-corrected chi connectivity index (χ3v) is 5.02. The smallest absolute Gasteiger partial charge is 0.282 e. The van der Waals surface area contributed by atoms with Gasteiger partial charge in [-0.2, -0.15) is 0 Å². The van der Waals surface area contributed by atoms with Gasteiger partial charge in [-0.05, 0) is 43.2 Å². The van der Waals surface area contributed by atoms with Crippen molar-refractivity contribution in [2.45, 2.75) is 20.3 Å². The molecule has 0 saturated carbocycles. The predicted octanol–water partition coefficient (Wildman–Crippen LogP) is 5.18. The van der Waals surface area contributed by atoms with Gasteiger partial charge in [0.05, 0.1) is 17.9 Å². The van der Waals surface area contributed by atoms with E-state index in [2.05, 4.69) is 5.32 Å². The Kier molecular flexibility index (Phi) is 5.85. The van der Waals surface area contributed by atoms with Crippen LogP contribution in [-0.4, -0.2) is 18.4 Å². The highest BCUT2D eigenvalue weighted by Gasteiger charge is 2.40. The predicted molar refractivity (Wildman–Crippen MR) is 123 cm³/mol. The van der Waals surface area contributed by atoms with Gasteiger partial charge < -0.3 is 10.1 Å². The van der Waals surface area contributed by atoms with Crippen LogP contribution in [0, 0.1) is 6.92 Å². The van der Waals surface area contributed by atoms with Gasteiger partial charge in [0.15, 0.2) is 0 Å². The summed E-state index contributed by atoms with van der Waals surface area (Å²) in [5.74, 6) is -0.127. The molecular formula is C26H24N2O3. The molecule has 3 aromatic carbocycles. The van der Waals surface area contributed by atoms with Gasteiger partial charge >= 0.3 is 0 Å². The lowest BCUT2D eigenvalue weighted by Gasteiger charge is -2.16. The average Bonchev–Trinajstić information content (AvgIpc) is 3.03. The number of nitrogens with zero attached hydrogens (tertiary/aromatic N) is 1. The van der Waals surface area contributed by atoms with Crippen LogP contribution < -0.4 is 15.0 Å². The molecule has 0 atom stereocenters. The molecule has 4 rings (SSSR count). The fourth-order valence-electron chi connectivity index (χ4n) is 3.47. The molecule has 1 heterocycles. The molecule has 1 aliphatic heterocycles. The van der Waals surface area contributed by atoms with Crippen molar-refractivity contribution in [2.75, 3.05) is 16.8 Å². The van der Waals surface area contributed by atoms with Crippen molar-refractivity contribution in [3.05, 3.63) is 95.7 Å². The highest BCUT2D eigenvalue weighted by Crippen LogP contribution is 2.35. The largest absolute Gasteiger partial charge is 0.494 e. The monoisotopic (exact) mass is 412 g/mol. The number of anilines is 2. The second-order valence-corrected chi connectivity index (χ2v) is 7.40. The molecule has 5 heteroatoms. The summed E-state index contributed by atoms with van der Waals surface area (Å²) in [6, 6.07) is 24.1. The second kappa shape index (κ2) is 8.88. The van der Waals surface area contributed by atoms with Gasteiger partial charge in [-0.1, -0.05) is 61.0 Å². The summed E-state index contributed by atoms with van der Waals surface area (Å²) in [4.78, 5) is 28.1. The number of imide groups is 1. The van der Waals surface area contributed by atoms with Crippen molar-refractivity contribution >= 4 is 28.8 Å². The molecule has 0 aliphatic carbocycles. The van der Waals surface area contributed by atoms with Crippen LogP contribution in [-0.2, 0) is 9.59 Å². The summed E-state index contributed by atoms with van der Waals surface area (Å²) >= 11 is 0. The third-order valence-electron chi connectivity index (χ3n) is 5.02. The van der Waals surface area contributed by atoms with E-state index in [0.717, 1.165) is 17.7 Å². The van der Waals surface area contributed by atoms with E-state index < -0.39 is 5.91 Å². The van der Waals surface area contributed by atoms with E-state index >= 15 is 0 Å². The van der Waals surface area contributed by atoms with Crippen LogP contribution in [0.15, 0.2) is 84.6 Å². The molecule has 0 aromatic heterocycles. The first-order valence-corrected chi connectivity index (χ1v) is 10.3. The number of benzene rings is 3. The molecule has 1 N–H and O–H groups in total. The van der Waals surface area contributed by atoms with Crippen LogP contribution in [0.1, 0.15) is 24.5 Å². The standard InChI is InChI=1S/C26H24N2O3/c1-3-16-31-22-11-7-10-21(17-22)28-25(29)23(19-14-12-18(2)13-15-19)24(26(28)30)27-20-8-5-4-6-9-20/h4-15,17,27H,3,16H2,1-2H3. The van der Waals surface area contributed by atoms with Crippen molar-refractivity contribution in [3.8, 4) is 5.75 Å². The highest BCUT2D eigenvalue weighted by molar-refractivity contribution is 6.46. The number of rotatable bonds is 7. The fourth-order valence-corrected chi connectivity index (χ4v) is 3.47. The SMILES string of the molecule is CCCOc1cccc(N2C(=O)C(Nc3ccccc3)=C(c3ccc(C)cc3)C2=O)c1. The van der Waals surface area contributed by atoms with E-state index in [1.54, 1.807) is 18.2 Å². The number of aryl methyl sites for hydroxylation is 1. The van der Waals surface area contributed by atoms with Crippen LogP contribution >= 0.6 is 0 Å². The van der Waals surface area contributed by atoms with E-state index in [-0.39, 0.29) is 11.6 Å². The minimum atomic E-state index is -0.392. The number of hydrogen-bond donors (Lipinski definition) is 1. The Balaban J connectivity index is 1.76. The first-order valence-electron chi connectivity index (χ1n) is 10.3. The number of amides is 2. The molecule has 3 aromatic rings. The molecule has 0 saturated heterocycles. The Labute approximate surface area is 182 Å². The molecular weight excluding hydrogens is 388 g/mol. The van der Waals surface area contributed by atoms with Gasteiger partial charge in [0.1, 0.15) is 11.4 Å². The van der Waals surface area contributed by atoms with E-state index in [0.29, 0.717) is 29.2 Å². The minimum absolute atomic E-state index is 0.264. The zero-order valence-electron chi connectivity index (χ0n) is 17.6. The third kappa shape index (κ3) is 4.21. The Bertz CT molecular complexity index is 1130. The van der Waals surface area contributed by atoms with Crippen LogP contribution in [0.4, 0.5) is 11.4 Å². The molecule has 5 nitrogen and oxygen atoms in total. The summed E-state index contributed by atoms with van der Waals surface area (Å²) in [5.41, 5.74) is 3.62. The maximum atomic E-state index is 13.5. The number of nitrogens with one attached hydrogen (secondary N) is 1. The number of carbonyl (C=O) groups is 2. The number of hydrogen-bond acceptors (Lipinski definition) is 4. The summed E-state index contributed by atoms with van der Waals surface area (Å²) in [7, 11) is 0. The number of ether oxygens (including phenoxy) is 1. The first kappa shape index (κ1) is 20.4. The van der Waals surface area contributed by atoms with Crippen molar-refractivity contribution in [1.82, 2.24) is 0 Å². The van der Waals surface area contributed by atoms with E-state index in [9.17, 15) is 9.59 Å². The van der Waals surface area contributed by atoms with Crippen LogP contribution in [0.3, 0.4) is 0 Å². The molecule has 1 aliphatic rings. The molecule has 0 fully saturated rings. The maximum Gasteiger partial charge on any atom is 0.282 e. The summed E-state index contributed by atoms with van der Waals surface area (Å²) in [5, 5.41) is 3.17. The lowest BCUT2D eigenvalue weighted by molar-refractivity contribution is -0.120. The summed E-state index contributed by atoms with van der Waals surface area (Å²) in [6.07, 6.45) is 0.871. The molecule has 31 heavy (non-hydrogen) atoms. The fraction of sp³-hybridized carbons (Fsp3) is 0.154. The number of carbonyl (C=O) groups excluding carboxylic acids is 2. The van der Waals surface area contributed by atoms with Gasteiger partial charge in [0, 0.05) is 11.8 Å². The van der Waals surface area contributed by atoms with Gasteiger partial charge in [-0.3, -0.25) is 9.59 Å². The Morgan fingerprint density at radius 2 is 1.61 bits per heavy atom. The Hall–Kier alpha value is -3.86. The van der Waals surface area contributed by atoms with Crippen LogP contribution in [0.25, 0.3) is 5.57 Å². The average molecular weight is 412 g/mol. The van der Waals surface area contributed by atoms with Crippen molar-refractivity contribution in [2.24, 2.45) is 0 Å². The minimum Gasteiger partial charge on any atom is -0.494 e. The molecule has 0 bridgehead atoms. The van der Waals surface area contributed by atoms with E-state index in [1.807, 2.05) is 74.5 Å². The normalized spacial score (nSPS) is 13.7. The first-order chi connectivity index (χ1) is 15.1. The molecule has 0 unspecified atom stereocenters. The van der Waals surface area contributed by atoms with Gasteiger partial charge in [-0.25, -0.2) is 4.90 Å². The topological polar surface area (TPSA) is 58.6 Å². The lowest BCUT2D eigenvalue weighted by Crippen LogP contribution is -2.32. The summed E-state index contributed by atoms with van der Waals surface area (Å²) in [6.45, 7) is 4.58. The van der Waals surface area contributed by atoms with E-state index in [4.69, 9.17) is 4.74 Å². The number of para-hydroxylation sites is 1. The van der Waals surface area contributed by atoms with Gasteiger partial charge in [-0.15, -0.1) is 0 Å².